The number of benzene rings is 1. The van der Waals surface area contributed by atoms with Crippen molar-refractivity contribution in [1.82, 2.24) is 0 Å². The summed E-state index contributed by atoms with van der Waals surface area (Å²) in [5.41, 5.74) is 2.26. The maximum Gasteiger partial charge on any atom is 0.342 e. The highest BCUT2D eigenvalue weighted by molar-refractivity contribution is 7.16. The van der Waals surface area contributed by atoms with Crippen LogP contribution in [0, 0.1) is 6.92 Å². The second-order valence-electron chi connectivity index (χ2n) is 8.07. The molecule has 1 aliphatic heterocycles. The van der Waals surface area contributed by atoms with Gasteiger partial charge in [0.25, 0.3) is 0 Å². The van der Waals surface area contributed by atoms with Crippen LogP contribution in [0.15, 0.2) is 23.2 Å². The maximum atomic E-state index is 12.9. The Morgan fingerprint density at radius 3 is 2.81 bits per heavy atom. The summed E-state index contributed by atoms with van der Waals surface area (Å²) < 4.78 is 5.64. The molecule has 1 aromatic carbocycles. The van der Waals surface area contributed by atoms with Gasteiger partial charge in [0.2, 0.25) is 0 Å². The Morgan fingerprint density at radius 1 is 1.37 bits per heavy atom. The van der Waals surface area contributed by atoms with Gasteiger partial charge >= 0.3 is 5.97 Å². The number of carbonyl (C=O) groups excluding carboxylic acids is 1. The Labute approximate surface area is 164 Å². The second kappa shape index (κ2) is 7.44. The number of quaternary nitrogens is 1. The molecule has 1 aromatic heterocycles. The highest BCUT2D eigenvalue weighted by Gasteiger charge is 2.31. The Kier molecular flexibility index (Phi) is 5.40. The summed E-state index contributed by atoms with van der Waals surface area (Å²) in [6, 6.07) is 5.37. The van der Waals surface area contributed by atoms with E-state index in [9.17, 15) is 9.90 Å². The van der Waals surface area contributed by atoms with Crippen LogP contribution in [0.1, 0.15) is 52.7 Å². The van der Waals surface area contributed by atoms with E-state index in [0.29, 0.717) is 21.7 Å². The van der Waals surface area contributed by atoms with Crippen LogP contribution in [0.4, 0.5) is 5.00 Å². The van der Waals surface area contributed by atoms with Gasteiger partial charge in [0.1, 0.15) is 22.7 Å². The van der Waals surface area contributed by atoms with E-state index < -0.39 is 5.60 Å². The minimum Gasteiger partial charge on any atom is -0.872 e. The molecule has 1 unspecified atom stereocenters. The Bertz CT molecular complexity index is 894. The molecule has 3 rings (SSSR count). The molecule has 1 atom stereocenters. The largest absolute Gasteiger partial charge is 0.872 e. The molecule has 2 aromatic rings. The average Bonchev–Trinajstić information content (AvgIpc) is 2.92. The summed E-state index contributed by atoms with van der Waals surface area (Å²) in [7, 11) is 2.15. The van der Waals surface area contributed by atoms with Gasteiger partial charge in [-0.25, -0.2) is 9.79 Å². The average molecular weight is 387 g/mol. The van der Waals surface area contributed by atoms with Crippen molar-refractivity contribution in [2.24, 2.45) is 4.99 Å². The van der Waals surface area contributed by atoms with Gasteiger partial charge in [-0.3, -0.25) is 0 Å². The number of ether oxygens (including phenoxy) is 1. The topological polar surface area (TPSA) is 66.2 Å². The molecule has 1 N–H and O–H groups in total. The lowest BCUT2D eigenvalue weighted by molar-refractivity contribution is -0.895. The van der Waals surface area contributed by atoms with Gasteiger partial charge in [0.15, 0.2) is 0 Å². The van der Waals surface area contributed by atoms with Crippen LogP contribution in [-0.2, 0) is 17.7 Å². The van der Waals surface area contributed by atoms with E-state index in [1.165, 1.54) is 21.1 Å². The number of likely N-dealkylation sites (N-methyl/N-ethyl adjacent to an activating group) is 1. The monoisotopic (exact) mass is 386 g/mol. The first-order chi connectivity index (χ1) is 12.7. The number of hydrogen-bond acceptors (Lipinski definition) is 5. The normalized spacial score (nSPS) is 17.1. The summed E-state index contributed by atoms with van der Waals surface area (Å²) in [5, 5.41) is 12.9. The van der Waals surface area contributed by atoms with Gasteiger partial charge in [-0.05, 0) is 38.8 Å². The van der Waals surface area contributed by atoms with E-state index in [4.69, 9.17) is 4.74 Å². The lowest BCUT2D eigenvalue weighted by Gasteiger charge is -2.22. The van der Waals surface area contributed by atoms with E-state index in [-0.39, 0.29) is 11.7 Å². The van der Waals surface area contributed by atoms with Crippen LogP contribution < -0.4 is 10.0 Å². The zero-order valence-electron chi connectivity index (χ0n) is 16.5. The van der Waals surface area contributed by atoms with Crippen molar-refractivity contribution in [2.75, 3.05) is 13.6 Å². The summed E-state index contributed by atoms with van der Waals surface area (Å²) in [6.45, 7) is 9.23. The smallest absolute Gasteiger partial charge is 0.342 e. The van der Waals surface area contributed by atoms with Crippen LogP contribution in [-0.4, -0.2) is 31.4 Å². The van der Waals surface area contributed by atoms with E-state index in [1.807, 2.05) is 26.8 Å². The molecular formula is C21H26N2O3S. The van der Waals surface area contributed by atoms with Crippen molar-refractivity contribution in [3.63, 3.8) is 0 Å². The first-order valence-electron chi connectivity index (χ1n) is 9.15. The number of nitrogens with zero attached hydrogens (tertiary/aromatic N) is 1. The van der Waals surface area contributed by atoms with E-state index in [0.717, 1.165) is 25.1 Å². The van der Waals surface area contributed by atoms with Gasteiger partial charge in [-0.1, -0.05) is 29.5 Å². The molecule has 1 aliphatic rings. The van der Waals surface area contributed by atoms with Gasteiger partial charge < -0.3 is 14.7 Å². The van der Waals surface area contributed by atoms with Gasteiger partial charge in [0, 0.05) is 12.6 Å². The Morgan fingerprint density at radius 2 is 2.11 bits per heavy atom. The molecule has 0 fully saturated rings. The van der Waals surface area contributed by atoms with Gasteiger partial charge in [-0.2, -0.15) is 0 Å². The molecule has 2 heterocycles. The zero-order chi connectivity index (χ0) is 19.8. The van der Waals surface area contributed by atoms with Crippen LogP contribution >= 0.6 is 11.3 Å². The minimum absolute atomic E-state index is 0.0365. The van der Waals surface area contributed by atoms with Crippen molar-refractivity contribution in [3.05, 3.63) is 45.3 Å². The van der Waals surface area contributed by atoms with Crippen LogP contribution in [0.25, 0.3) is 0 Å². The summed E-state index contributed by atoms with van der Waals surface area (Å²) in [6.07, 6.45) is 2.40. The van der Waals surface area contributed by atoms with Gasteiger partial charge in [0.05, 0.1) is 18.5 Å². The zero-order valence-corrected chi connectivity index (χ0v) is 17.3. The molecule has 5 nitrogen and oxygen atoms in total. The summed E-state index contributed by atoms with van der Waals surface area (Å²) >= 11 is 1.53. The highest BCUT2D eigenvalue weighted by atomic mass is 32.1. The lowest BCUT2D eigenvalue weighted by Crippen LogP contribution is -3.08. The number of carbonyl (C=O) groups is 1. The number of nitrogens with one attached hydrogen (secondary N) is 1. The molecule has 6 heteroatoms. The van der Waals surface area contributed by atoms with Crippen LogP contribution in [0.3, 0.4) is 0 Å². The number of fused-ring (bicyclic) bond motifs is 1. The van der Waals surface area contributed by atoms with Crippen LogP contribution in [0.5, 0.6) is 5.75 Å². The molecule has 0 saturated heterocycles. The molecule has 0 aliphatic carbocycles. The number of aliphatic imine (C=N–C) groups is 1. The fraction of sp³-hybridized carbons (Fsp3) is 0.429. The third-order valence-electron chi connectivity index (χ3n) is 4.50. The summed E-state index contributed by atoms with van der Waals surface area (Å²) in [4.78, 5) is 20.0. The standard InChI is InChI=1S/C21H26N2O3S/c1-13-7-6-8-14(18(13)24)11-22-19-17(20(25)26-21(2,3)4)15-9-10-23(5)12-16(15)27-19/h6-8,11,24H,9-10,12H2,1-5H3. The third-order valence-corrected chi connectivity index (χ3v) is 5.64. The quantitative estimate of drug-likeness (QED) is 0.651. The number of esters is 1. The number of thiophene rings is 1. The molecule has 144 valence electrons. The fourth-order valence-electron chi connectivity index (χ4n) is 3.14. The van der Waals surface area contributed by atoms with Crippen LogP contribution in [0.2, 0.25) is 0 Å². The molecule has 0 amide bonds. The molecule has 0 bridgehead atoms. The van der Waals surface area contributed by atoms with Gasteiger partial charge in [-0.15, -0.1) is 11.3 Å². The van der Waals surface area contributed by atoms with Crippen molar-refractivity contribution in [3.8, 4) is 5.75 Å². The van der Waals surface area contributed by atoms with Crippen molar-refractivity contribution >= 4 is 28.5 Å². The second-order valence-corrected chi connectivity index (χ2v) is 9.15. The predicted octanol–water partition coefficient (Wildman–Crippen LogP) is 2.41. The number of rotatable bonds is 3. The molecule has 27 heavy (non-hydrogen) atoms. The Hall–Kier alpha value is -2.18. The molecular weight excluding hydrogens is 360 g/mol. The number of para-hydroxylation sites is 1. The van der Waals surface area contributed by atoms with Crippen molar-refractivity contribution < 1.29 is 19.5 Å². The Balaban J connectivity index is 2.02. The molecule has 0 radical (unpaired) electrons. The van der Waals surface area contributed by atoms with E-state index in [1.54, 1.807) is 25.3 Å². The lowest BCUT2D eigenvalue weighted by atomic mass is 10.0. The van der Waals surface area contributed by atoms with E-state index in [2.05, 4.69) is 12.0 Å². The number of aryl methyl sites for hydroxylation is 1. The predicted molar refractivity (Wildman–Crippen MR) is 107 cm³/mol. The highest BCUT2D eigenvalue weighted by Crippen LogP contribution is 2.38. The SMILES string of the molecule is Cc1cccc(C=Nc2sc3c(c2C(=O)OC(C)(C)C)CC[NH+](C)C3)c1[O-]. The van der Waals surface area contributed by atoms with Crippen molar-refractivity contribution in [2.45, 2.75) is 46.3 Å². The maximum absolute atomic E-state index is 12.9. The molecule has 0 saturated carbocycles. The van der Waals surface area contributed by atoms with E-state index >= 15 is 0 Å². The van der Waals surface area contributed by atoms with Crippen molar-refractivity contribution in [1.29, 1.82) is 0 Å². The first kappa shape index (κ1) is 19.6. The minimum atomic E-state index is -0.567. The number of hydrogen-bond donors (Lipinski definition) is 1. The first-order valence-corrected chi connectivity index (χ1v) is 9.97. The fourth-order valence-corrected chi connectivity index (χ4v) is 4.43. The summed E-state index contributed by atoms with van der Waals surface area (Å²) in [5.74, 6) is -0.371. The third kappa shape index (κ3) is 4.39. The molecule has 0 spiro atoms.